The summed E-state index contributed by atoms with van der Waals surface area (Å²) in [6.07, 6.45) is 5.10. The molecule has 17 heavy (non-hydrogen) atoms. The molecule has 1 aliphatic heterocycles. The first-order valence-electron chi connectivity index (χ1n) is 5.42. The summed E-state index contributed by atoms with van der Waals surface area (Å²) >= 11 is 0. The van der Waals surface area contributed by atoms with Gasteiger partial charge < -0.3 is 9.88 Å². The van der Waals surface area contributed by atoms with Crippen LogP contribution in [0.15, 0.2) is 41.9 Å². The smallest absolute Gasteiger partial charge is 0.136 e. The van der Waals surface area contributed by atoms with E-state index in [2.05, 4.69) is 15.3 Å². The third kappa shape index (κ3) is 1.69. The van der Waals surface area contributed by atoms with Crippen LogP contribution in [0, 0.1) is 5.82 Å². The molecule has 2 aromatic rings. The molecule has 0 aliphatic carbocycles. The molecule has 0 radical (unpaired) electrons. The number of nitrogens with one attached hydrogen (secondary N) is 1. The number of hydrogen-bond donors (Lipinski definition) is 1. The van der Waals surface area contributed by atoms with Crippen molar-refractivity contribution in [3.8, 4) is 5.69 Å². The van der Waals surface area contributed by atoms with Gasteiger partial charge in [0, 0.05) is 18.9 Å². The van der Waals surface area contributed by atoms with Gasteiger partial charge in [-0.25, -0.2) is 9.37 Å². The predicted molar refractivity (Wildman–Crippen MR) is 62.9 cm³/mol. The van der Waals surface area contributed by atoms with E-state index in [0.717, 1.165) is 12.2 Å². The largest absolute Gasteiger partial charge is 0.368 e. The maximum Gasteiger partial charge on any atom is 0.136 e. The summed E-state index contributed by atoms with van der Waals surface area (Å²) in [5.74, 6) is 0.344. The lowest BCUT2D eigenvalue weighted by atomic mass is 10.1. The molecule has 0 bridgehead atoms. The molecule has 0 saturated carbocycles. The Kier molecular flexibility index (Phi) is 2.36. The van der Waals surface area contributed by atoms with E-state index < -0.39 is 0 Å². The van der Waals surface area contributed by atoms with Crippen LogP contribution < -0.4 is 5.32 Å². The number of rotatable bonds is 2. The summed E-state index contributed by atoms with van der Waals surface area (Å²) in [7, 11) is 0. The zero-order chi connectivity index (χ0) is 11.7. The van der Waals surface area contributed by atoms with Crippen molar-refractivity contribution >= 4 is 5.84 Å². The summed E-state index contributed by atoms with van der Waals surface area (Å²) < 4.78 is 15.7. The van der Waals surface area contributed by atoms with Crippen LogP contribution in [0.2, 0.25) is 0 Å². The number of hydrogen-bond acceptors (Lipinski definition) is 3. The standard InChI is InChI=1S/C12H11FN4/c13-9-2-1-3-10(17-7-6-14-8-17)11(9)12-15-4-5-16-12/h1-3,6-8H,4-5H2,(H,15,16). The molecule has 0 saturated heterocycles. The van der Waals surface area contributed by atoms with Crippen molar-refractivity contribution in [2.75, 3.05) is 13.1 Å². The number of benzene rings is 1. The molecule has 0 amide bonds. The summed E-state index contributed by atoms with van der Waals surface area (Å²) in [4.78, 5) is 8.25. The molecule has 4 nitrogen and oxygen atoms in total. The highest BCUT2D eigenvalue weighted by Crippen LogP contribution is 2.19. The highest BCUT2D eigenvalue weighted by Gasteiger charge is 2.17. The van der Waals surface area contributed by atoms with Gasteiger partial charge in [0.1, 0.15) is 11.7 Å². The van der Waals surface area contributed by atoms with E-state index in [9.17, 15) is 4.39 Å². The lowest BCUT2D eigenvalue weighted by Crippen LogP contribution is -2.22. The first-order chi connectivity index (χ1) is 8.36. The van der Waals surface area contributed by atoms with Crippen LogP contribution in [0.25, 0.3) is 5.69 Å². The minimum absolute atomic E-state index is 0.274. The second-order valence-electron chi connectivity index (χ2n) is 3.76. The molecule has 1 aliphatic rings. The van der Waals surface area contributed by atoms with Crippen LogP contribution in [0.3, 0.4) is 0 Å². The van der Waals surface area contributed by atoms with Gasteiger partial charge >= 0.3 is 0 Å². The molecule has 0 atom stereocenters. The molecule has 2 heterocycles. The Hall–Kier alpha value is -2.17. The van der Waals surface area contributed by atoms with Gasteiger partial charge in [-0.3, -0.25) is 4.99 Å². The van der Waals surface area contributed by atoms with Crippen LogP contribution in [0.4, 0.5) is 4.39 Å². The topological polar surface area (TPSA) is 42.2 Å². The highest BCUT2D eigenvalue weighted by molar-refractivity contribution is 6.03. The number of aliphatic imine (C=N–C) groups is 1. The molecule has 86 valence electrons. The molecule has 0 fully saturated rings. The molecule has 5 heteroatoms. The minimum Gasteiger partial charge on any atom is -0.368 e. The van der Waals surface area contributed by atoms with E-state index in [0.29, 0.717) is 17.9 Å². The summed E-state index contributed by atoms with van der Waals surface area (Å²) in [6, 6.07) is 4.98. The van der Waals surface area contributed by atoms with Crippen LogP contribution in [0.5, 0.6) is 0 Å². The van der Waals surface area contributed by atoms with Crippen molar-refractivity contribution < 1.29 is 4.39 Å². The Bertz CT molecular complexity index is 560. The molecule has 1 N–H and O–H groups in total. The average molecular weight is 230 g/mol. The third-order valence-corrected chi connectivity index (χ3v) is 2.69. The Morgan fingerprint density at radius 2 is 2.29 bits per heavy atom. The first-order valence-corrected chi connectivity index (χ1v) is 5.42. The normalized spacial score (nSPS) is 14.5. The van der Waals surface area contributed by atoms with Crippen LogP contribution >= 0.6 is 0 Å². The monoisotopic (exact) mass is 230 g/mol. The number of aromatic nitrogens is 2. The Labute approximate surface area is 97.8 Å². The lowest BCUT2D eigenvalue weighted by molar-refractivity contribution is 0.623. The molecular formula is C12H11FN4. The quantitative estimate of drug-likeness (QED) is 0.846. The van der Waals surface area contributed by atoms with Crippen molar-refractivity contribution in [3.05, 3.63) is 48.3 Å². The predicted octanol–water partition coefficient (Wildman–Crippen LogP) is 1.36. The minimum atomic E-state index is -0.274. The summed E-state index contributed by atoms with van der Waals surface area (Å²) in [5.41, 5.74) is 1.25. The zero-order valence-electron chi connectivity index (χ0n) is 9.10. The van der Waals surface area contributed by atoms with E-state index >= 15 is 0 Å². The van der Waals surface area contributed by atoms with E-state index in [1.165, 1.54) is 6.07 Å². The van der Waals surface area contributed by atoms with Crippen molar-refractivity contribution in [3.63, 3.8) is 0 Å². The average Bonchev–Trinajstić information content (AvgIpc) is 3.02. The van der Waals surface area contributed by atoms with Gasteiger partial charge in [0.15, 0.2) is 0 Å². The maximum absolute atomic E-state index is 13.9. The molecule has 3 rings (SSSR count). The molecule has 1 aromatic heterocycles. The van der Waals surface area contributed by atoms with Crippen LogP contribution in [0.1, 0.15) is 5.56 Å². The van der Waals surface area contributed by atoms with Crippen LogP contribution in [-0.4, -0.2) is 28.5 Å². The van der Waals surface area contributed by atoms with Gasteiger partial charge in [-0.2, -0.15) is 0 Å². The number of amidine groups is 1. The van der Waals surface area contributed by atoms with Crippen molar-refractivity contribution in [1.29, 1.82) is 0 Å². The maximum atomic E-state index is 13.9. The van der Waals surface area contributed by atoms with Crippen molar-refractivity contribution in [1.82, 2.24) is 14.9 Å². The SMILES string of the molecule is Fc1cccc(-n2ccnc2)c1C1=NCCN1. The van der Waals surface area contributed by atoms with Gasteiger partial charge in [0.05, 0.1) is 24.1 Å². The molecule has 0 unspecified atom stereocenters. The van der Waals surface area contributed by atoms with Gasteiger partial charge in [-0.05, 0) is 12.1 Å². The van der Waals surface area contributed by atoms with E-state index in [-0.39, 0.29) is 5.82 Å². The Morgan fingerprint density at radius 3 is 3.00 bits per heavy atom. The first kappa shape index (κ1) is 10.0. The second-order valence-corrected chi connectivity index (χ2v) is 3.76. The third-order valence-electron chi connectivity index (χ3n) is 2.69. The highest BCUT2D eigenvalue weighted by atomic mass is 19.1. The van der Waals surface area contributed by atoms with Gasteiger partial charge in [0.2, 0.25) is 0 Å². The van der Waals surface area contributed by atoms with Gasteiger partial charge in [-0.1, -0.05) is 6.07 Å². The number of halogens is 1. The second kappa shape index (κ2) is 4.01. The van der Waals surface area contributed by atoms with Crippen LogP contribution in [-0.2, 0) is 0 Å². The fourth-order valence-corrected chi connectivity index (χ4v) is 1.93. The van der Waals surface area contributed by atoms with Gasteiger partial charge in [-0.15, -0.1) is 0 Å². The van der Waals surface area contributed by atoms with Crippen molar-refractivity contribution in [2.24, 2.45) is 4.99 Å². The van der Waals surface area contributed by atoms with Gasteiger partial charge in [0.25, 0.3) is 0 Å². The van der Waals surface area contributed by atoms with Crippen molar-refractivity contribution in [2.45, 2.75) is 0 Å². The molecular weight excluding hydrogens is 219 g/mol. The number of nitrogens with zero attached hydrogens (tertiary/aromatic N) is 3. The number of imidazole rings is 1. The summed E-state index contributed by atoms with van der Waals surface area (Å²) in [6.45, 7) is 1.44. The van der Waals surface area contributed by atoms with E-state index in [4.69, 9.17) is 0 Å². The lowest BCUT2D eigenvalue weighted by Gasteiger charge is -2.11. The Morgan fingerprint density at radius 1 is 1.35 bits per heavy atom. The fourth-order valence-electron chi connectivity index (χ4n) is 1.93. The Balaban J connectivity index is 2.18. The fraction of sp³-hybridized carbons (Fsp3) is 0.167. The van der Waals surface area contributed by atoms with E-state index in [1.54, 1.807) is 29.4 Å². The molecule has 1 aromatic carbocycles. The van der Waals surface area contributed by atoms with E-state index in [1.807, 2.05) is 6.07 Å². The zero-order valence-corrected chi connectivity index (χ0v) is 9.10. The summed E-state index contributed by atoms with van der Waals surface area (Å²) in [5, 5.41) is 3.09. The molecule has 0 spiro atoms.